The van der Waals surface area contributed by atoms with Gasteiger partial charge in [0, 0.05) is 21.8 Å². The second kappa shape index (κ2) is 5.36. The molecule has 0 saturated heterocycles. The molecule has 0 unspecified atom stereocenters. The quantitative estimate of drug-likeness (QED) is 0.300. The van der Waals surface area contributed by atoms with Gasteiger partial charge < -0.3 is 4.42 Å². The molecule has 0 amide bonds. The van der Waals surface area contributed by atoms with Crippen molar-refractivity contribution in [3.63, 3.8) is 0 Å². The first-order chi connectivity index (χ1) is 13.7. The van der Waals surface area contributed by atoms with Crippen LogP contribution in [-0.4, -0.2) is 0 Å². The van der Waals surface area contributed by atoms with Crippen LogP contribution in [0.15, 0.2) is 89.3 Å². The van der Waals surface area contributed by atoms with E-state index in [0.29, 0.717) is 0 Å². The Balaban J connectivity index is 1.86. The van der Waals surface area contributed by atoms with E-state index in [-0.39, 0.29) is 5.41 Å². The van der Waals surface area contributed by atoms with E-state index in [9.17, 15) is 0 Å². The molecule has 0 saturated carbocycles. The summed E-state index contributed by atoms with van der Waals surface area (Å²) in [6.45, 7) is 4.64. The summed E-state index contributed by atoms with van der Waals surface area (Å²) < 4.78 is 6.51. The van der Waals surface area contributed by atoms with Crippen LogP contribution >= 0.6 is 0 Å². The van der Waals surface area contributed by atoms with E-state index in [1.807, 2.05) is 6.07 Å². The lowest BCUT2D eigenvalue weighted by Gasteiger charge is -2.22. The van der Waals surface area contributed by atoms with Gasteiger partial charge in [-0.1, -0.05) is 86.6 Å². The summed E-state index contributed by atoms with van der Waals surface area (Å²) in [4.78, 5) is 0. The molecular formula is C27H20O. The molecule has 0 aliphatic heterocycles. The van der Waals surface area contributed by atoms with Crippen LogP contribution in [-0.2, 0) is 5.41 Å². The standard InChI is InChI=1S/C27H20O/c1-27(2)21-14-8-6-12-18(21)25-22(27)16-20(17-10-4-3-5-11-17)24-19-13-7-9-15-23(19)28-26(24)25/h3-16H,1-2H3. The predicted molar refractivity (Wildman–Crippen MR) is 117 cm³/mol. The minimum atomic E-state index is -0.0530. The summed E-state index contributed by atoms with van der Waals surface area (Å²) in [6.07, 6.45) is 0. The molecule has 1 aliphatic carbocycles. The molecule has 4 aromatic carbocycles. The highest BCUT2D eigenvalue weighted by Gasteiger charge is 2.38. The van der Waals surface area contributed by atoms with Crippen molar-refractivity contribution in [2.45, 2.75) is 19.3 Å². The fourth-order valence-electron chi connectivity index (χ4n) is 4.90. The Morgan fingerprint density at radius 1 is 0.679 bits per heavy atom. The Morgan fingerprint density at radius 2 is 1.39 bits per heavy atom. The fourth-order valence-corrected chi connectivity index (χ4v) is 4.90. The highest BCUT2D eigenvalue weighted by atomic mass is 16.3. The van der Waals surface area contributed by atoms with Crippen LogP contribution in [0.1, 0.15) is 25.0 Å². The first-order valence-electron chi connectivity index (χ1n) is 9.80. The van der Waals surface area contributed by atoms with Gasteiger partial charge >= 0.3 is 0 Å². The van der Waals surface area contributed by atoms with E-state index in [1.165, 1.54) is 44.2 Å². The number of benzene rings is 4. The molecule has 1 heteroatoms. The average Bonchev–Trinajstić information content (AvgIpc) is 3.22. The number of hydrogen-bond acceptors (Lipinski definition) is 1. The maximum absolute atomic E-state index is 6.51. The third-order valence-electron chi connectivity index (χ3n) is 6.28. The molecule has 0 bridgehead atoms. The molecule has 5 aromatic rings. The molecule has 1 nitrogen and oxygen atoms in total. The Morgan fingerprint density at radius 3 is 2.25 bits per heavy atom. The zero-order chi connectivity index (χ0) is 18.9. The van der Waals surface area contributed by atoms with Crippen molar-refractivity contribution < 1.29 is 4.42 Å². The largest absolute Gasteiger partial charge is 0.455 e. The number of fused-ring (bicyclic) bond motifs is 7. The highest BCUT2D eigenvalue weighted by molar-refractivity contribution is 6.18. The highest BCUT2D eigenvalue weighted by Crippen LogP contribution is 2.54. The lowest BCUT2D eigenvalue weighted by Crippen LogP contribution is -2.15. The zero-order valence-corrected chi connectivity index (χ0v) is 16.0. The molecule has 0 atom stereocenters. The molecule has 28 heavy (non-hydrogen) atoms. The van der Waals surface area contributed by atoms with Gasteiger partial charge in [-0.3, -0.25) is 0 Å². The molecule has 1 heterocycles. The molecule has 0 radical (unpaired) electrons. The van der Waals surface area contributed by atoms with Gasteiger partial charge in [0.2, 0.25) is 0 Å². The van der Waals surface area contributed by atoms with Gasteiger partial charge in [-0.2, -0.15) is 0 Å². The second-order valence-corrected chi connectivity index (χ2v) is 8.19. The third-order valence-corrected chi connectivity index (χ3v) is 6.28. The van der Waals surface area contributed by atoms with Crippen molar-refractivity contribution in [1.29, 1.82) is 0 Å². The van der Waals surface area contributed by atoms with Crippen molar-refractivity contribution >= 4 is 21.9 Å². The van der Waals surface area contributed by atoms with Crippen molar-refractivity contribution in [2.75, 3.05) is 0 Å². The first-order valence-corrected chi connectivity index (χ1v) is 9.80. The topological polar surface area (TPSA) is 13.1 Å². The van der Waals surface area contributed by atoms with Crippen LogP contribution in [0.5, 0.6) is 0 Å². The number of rotatable bonds is 1. The number of furan rings is 1. The molecular weight excluding hydrogens is 340 g/mol. The summed E-state index contributed by atoms with van der Waals surface area (Å²) in [5.41, 5.74) is 9.66. The van der Waals surface area contributed by atoms with Gasteiger partial charge in [0.1, 0.15) is 11.2 Å². The van der Waals surface area contributed by atoms with Gasteiger partial charge in [0.25, 0.3) is 0 Å². The van der Waals surface area contributed by atoms with Gasteiger partial charge in [-0.15, -0.1) is 0 Å². The van der Waals surface area contributed by atoms with E-state index in [2.05, 4.69) is 92.7 Å². The van der Waals surface area contributed by atoms with Gasteiger partial charge in [0.15, 0.2) is 0 Å². The number of para-hydroxylation sites is 1. The SMILES string of the molecule is CC1(C)c2ccccc2-c2c1cc(-c1ccccc1)c1c2oc2ccccc21. The van der Waals surface area contributed by atoms with Crippen LogP contribution in [0.3, 0.4) is 0 Å². The van der Waals surface area contributed by atoms with Crippen LogP contribution in [0.25, 0.3) is 44.2 Å². The fraction of sp³-hybridized carbons (Fsp3) is 0.111. The van der Waals surface area contributed by atoms with Gasteiger partial charge in [0.05, 0.1) is 0 Å². The van der Waals surface area contributed by atoms with Crippen LogP contribution in [0.4, 0.5) is 0 Å². The lowest BCUT2D eigenvalue weighted by molar-refractivity contribution is 0.653. The molecule has 6 rings (SSSR count). The molecule has 0 fully saturated rings. The molecule has 1 aliphatic rings. The minimum absolute atomic E-state index is 0.0530. The smallest absolute Gasteiger partial charge is 0.144 e. The predicted octanol–water partition coefficient (Wildman–Crippen LogP) is 7.56. The molecule has 134 valence electrons. The lowest BCUT2D eigenvalue weighted by atomic mass is 9.81. The van der Waals surface area contributed by atoms with Crippen molar-refractivity contribution in [3.05, 3.63) is 96.1 Å². The maximum Gasteiger partial charge on any atom is 0.144 e. The monoisotopic (exact) mass is 360 g/mol. The minimum Gasteiger partial charge on any atom is -0.455 e. The van der Waals surface area contributed by atoms with Gasteiger partial charge in [-0.05, 0) is 39.9 Å². The second-order valence-electron chi connectivity index (χ2n) is 8.19. The van der Waals surface area contributed by atoms with Gasteiger partial charge in [-0.25, -0.2) is 0 Å². The van der Waals surface area contributed by atoms with Crippen molar-refractivity contribution in [1.82, 2.24) is 0 Å². The Hall–Kier alpha value is -3.32. The molecule has 0 spiro atoms. The average molecular weight is 360 g/mol. The summed E-state index contributed by atoms with van der Waals surface area (Å²) in [5.74, 6) is 0. The molecule has 1 aromatic heterocycles. The van der Waals surface area contributed by atoms with E-state index in [1.54, 1.807) is 0 Å². The normalized spacial score (nSPS) is 14.4. The Bertz CT molecular complexity index is 1370. The van der Waals surface area contributed by atoms with Crippen LogP contribution in [0, 0.1) is 0 Å². The van der Waals surface area contributed by atoms with Crippen molar-refractivity contribution in [3.8, 4) is 22.3 Å². The van der Waals surface area contributed by atoms with Crippen molar-refractivity contribution in [2.24, 2.45) is 0 Å². The molecule has 0 N–H and O–H groups in total. The summed E-state index contributed by atoms with van der Waals surface area (Å²) in [7, 11) is 0. The third kappa shape index (κ3) is 1.91. The van der Waals surface area contributed by atoms with Crippen LogP contribution in [0.2, 0.25) is 0 Å². The summed E-state index contributed by atoms with van der Waals surface area (Å²) in [5, 5.41) is 2.40. The zero-order valence-electron chi connectivity index (χ0n) is 16.0. The Labute approximate surface area is 164 Å². The number of hydrogen-bond donors (Lipinski definition) is 0. The Kier molecular flexibility index (Phi) is 3.01. The summed E-state index contributed by atoms with van der Waals surface area (Å²) in [6, 6.07) is 30.2. The van der Waals surface area contributed by atoms with E-state index >= 15 is 0 Å². The summed E-state index contributed by atoms with van der Waals surface area (Å²) >= 11 is 0. The van der Waals surface area contributed by atoms with E-state index in [4.69, 9.17) is 4.42 Å². The van der Waals surface area contributed by atoms with E-state index in [0.717, 1.165) is 11.2 Å². The van der Waals surface area contributed by atoms with E-state index < -0.39 is 0 Å². The maximum atomic E-state index is 6.51. The van der Waals surface area contributed by atoms with Crippen LogP contribution < -0.4 is 0 Å². The first kappa shape index (κ1) is 15.7.